The van der Waals surface area contributed by atoms with Crippen LogP contribution in [0, 0.1) is 5.82 Å². The first-order chi connectivity index (χ1) is 9.58. The van der Waals surface area contributed by atoms with Gasteiger partial charge in [0.1, 0.15) is 5.82 Å². The summed E-state index contributed by atoms with van der Waals surface area (Å²) in [6.07, 6.45) is 6.66. The number of nitrogens with two attached hydrogens (primary N) is 1. The zero-order valence-corrected chi connectivity index (χ0v) is 12.3. The molecule has 1 aliphatic heterocycles. The summed E-state index contributed by atoms with van der Waals surface area (Å²) < 4.78 is 32.2. The molecule has 2 fully saturated rings. The van der Waals surface area contributed by atoms with Gasteiger partial charge in [0.15, 0.2) is 0 Å². The van der Waals surface area contributed by atoms with Crippen LogP contribution < -0.4 is 5.73 Å². The van der Waals surface area contributed by atoms with Gasteiger partial charge in [0.2, 0.25) is 0 Å². The lowest BCUT2D eigenvalue weighted by Gasteiger charge is -2.23. The van der Waals surface area contributed by atoms with Crippen LogP contribution in [0.2, 0.25) is 0 Å². The second-order valence-corrected chi connectivity index (χ2v) is 7.33. The molecule has 2 aliphatic rings. The van der Waals surface area contributed by atoms with Crippen LogP contribution in [-0.4, -0.2) is 21.7 Å². The van der Waals surface area contributed by atoms with Gasteiger partial charge in [-0.05, 0) is 43.9 Å². The molecule has 1 saturated carbocycles. The highest BCUT2D eigenvalue weighted by Gasteiger charge is 2.42. The average molecular weight is 297 g/mol. The van der Waals surface area contributed by atoms with E-state index in [2.05, 4.69) is 0 Å². The molecule has 0 bridgehead atoms. The first kappa shape index (κ1) is 14.0. The minimum atomic E-state index is -1.37. The predicted octanol–water partition coefficient (Wildman–Crippen LogP) is 3.01. The van der Waals surface area contributed by atoms with E-state index in [0.29, 0.717) is 11.4 Å². The molecule has 2 atom stereocenters. The summed E-state index contributed by atoms with van der Waals surface area (Å²) in [6, 6.07) is 4.33. The van der Waals surface area contributed by atoms with Gasteiger partial charge in [0.25, 0.3) is 0 Å². The Kier molecular flexibility index (Phi) is 3.82. The first-order valence-electron chi connectivity index (χ1n) is 7.19. The van der Waals surface area contributed by atoms with Gasteiger partial charge >= 0.3 is 0 Å². The van der Waals surface area contributed by atoms with E-state index in [9.17, 15) is 8.60 Å². The van der Waals surface area contributed by atoms with Crippen LogP contribution in [0.4, 0.5) is 10.1 Å². The molecule has 3 rings (SSSR count). The second-order valence-electron chi connectivity index (χ2n) is 5.87. The normalized spacial score (nSPS) is 26.1. The Hall–Kier alpha value is -0.940. The number of halogens is 1. The molecule has 1 spiro atoms. The number of benzene rings is 1. The van der Waals surface area contributed by atoms with Gasteiger partial charge in [-0.15, -0.1) is 0 Å². The SMILES string of the molecule is Nc1ccc(S(=O)CC2CCC3(CCCC3)O2)c(F)c1. The molecule has 2 N–H and O–H groups in total. The van der Waals surface area contributed by atoms with Crippen LogP contribution in [0.3, 0.4) is 0 Å². The molecule has 3 nitrogen and oxygen atoms in total. The van der Waals surface area contributed by atoms with Gasteiger partial charge in [-0.3, -0.25) is 4.21 Å². The molecule has 110 valence electrons. The van der Waals surface area contributed by atoms with E-state index in [1.165, 1.54) is 25.0 Å². The summed E-state index contributed by atoms with van der Waals surface area (Å²) in [4.78, 5) is 0.232. The van der Waals surface area contributed by atoms with Crippen molar-refractivity contribution in [3.8, 4) is 0 Å². The predicted molar refractivity (Wildman–Crippen MR) is 77.4 cm³/mol. The van der Waals surface area contributed by atoms with Gasteiger partial charge in [-0.25, -0.2) is 4.39 Å². The van der Waals surface area contributed by atoms with Gasteiger partial charge in [0, 0.05) is 5.69 Å². The molecule has 1 aromatic carbocycles. The van der Waals surface area contributed by atoms with Gasteiger partial charge in [0.05, 0.1) is 33.2 Å². The summed E-state index contributed by atoms with van der Waals surface area (Å²) in [5.74, 6) is -0.111. The minimum absolute atomic E-state index is 0.00844. The summed E-state index contributed by atoms with van der Waals surface area (Å²) in [5.41, 5.74) is 5.89. The molecular formula is C15H20FNO2S. The van der Waals surface area contributed by atoms with Gasteiger partial charge in [-0.2, -0.15) is 0 Å². The zero-order chi connectivity index (χ0) is 14.2. The fraction of sp³-hybridized carbons (Fsp3) is 0.600. The molecule has 1 aliphatic carbocycles. The van der Waals surface area contributed by atoms with E-state index in [1.54, 1.807) is 6.07 Å². The largest absolute Gasteiger partial charge is 0.399 e. The maximum Gasteiger partial charge on any atom is 0.141 e. The average Bonchev–Trinajstić information content (AvgIpc) is 3.00. The topological polar surface area (TPSA) is 52.3 Å². The Labute approximate surface area is 121 Å². The van der Waals surface area contributed by atoms with Crippen molar-refractivity contribution in [1.82, 2.24) is 0 Å². The van der Waals surface area contributed by atoms with E-state index in [1.807, 2.05) is 0 Å². The number of rotatable bonds is 3. The zero-order valence-electron chi connectivity index (χ0n) is 11.4. The molecule has 0 aromatic heterocycles. The van der Waals surface area contributed by atoms with Crippen molar-refractivity contribution in [3.05, 3.63) is 24.0 Å². The van der Waals surface area contributed by atoms with Crippen LogP contribution in [0.1, 0.15) is 38.5 Å². The quantitative estimate of drug-likeness (QED) is 0.873. The molecule has 5 heteroatoms. The molecule has 1 saturated heterocycles. The van der Waals surface area contributed by atoms with Crippen LogP contribution in [-0.2, 0) is 15.5 Å². The fourth-order valence-electron chi connectivity index (χ4n) is 3.36. The Morgan fingerprint density at radius 2 is 2.10 bits per heavy atom. The number of anilines is 1. The highest BCUT2D eigenvalue weighted by molar-refractivity contribution is 7.85. The number of ether oxygens (including phenoxy) is 1. The van der Waals surface area contributed by atoms with Crippen molar-refractivity contribution in [2.24, 2.45) is 0 Å². The lowest BCUT2D eigenvalue weighted by molar-refractivity contribution is -0.0270. The third kappa shape index (κ3) is 2.74. The molecule has 2 unspecified atom stereocenters. The second kappa shape index (κ2) is 5.45. The van der Waals surface area contributed by atoms with Crippen LogP contribution in [0.25, 0.3) is 0 Å². The van der Waals surface area contributed by atoms with E-state index >= 15 is 0 Å². The Bertz CT molecular complexity index is 529. The highest BCUT2D eigenvalue weighted by Crippen LogP contribution is 2.43. The summed E-state index contributed by atoms with van der Waals surface area (Å²) >= 11 is 0. The number of nitrogen functional groups attached to an aromatic ring is 1. The highest BCUT2D eigenvalue weighted by atomic mass is 32.2. The van der Waals surface area contributed by atoms with Gasteiger partial charge in [-0.1, -0.05) is 12.8 Å². The minimum Gasteiger partial charge on any atom is -0.399 e. The smallest absolute Gasteiger partial charge is 0.141 e. The molecule has 0 amide bonds. The van der Waals surface area contributed by atoms with E-state index in [0.717, 1.165) is 25.7 Å². The van der Waals surface area contributed by atoms with Crippen molar-refractivity contribution in [2.45, 2.75) is 55.1 Å². The summed E-state index contributed by atoms with van der Waals surface area (Å²) in [5, 5.41) is 0. The van der Waals surface area contributed by atoms with Crippen LogP contribution in [0.5, 0.6) is 0 Å². The Morgan fingerprint density at radius 3 is 2.80 bits per heavy atom. The summed E-state index contributed by atoms with van der Waals surface area (Å²) in [6.45, 7) is 0. The Morgan fingerprint density at radius 1 is 1.35 bits per heavy atom. The summed E-state index contributed by atoms with van der Waals surface area (Å²) in [7, 11) is -1.37. The van der Waals surface area contributed by atoms with Crippen molar-refractivity contribution >= 4 is 16.5 Å². The molecule has 1 aromatic rings. The Balaban J connectivity index is 1.65. The molecule has 0 radical (unpaired) electrons. The third-order valence-corrected chi connectivity index (χ3v) is 5.89. The van der Waals surface area contributed by atoms with Crippen molar-refractivity contribution in [3.63, 3.8) is 0 Å². The van der Waals surface area contributed by atoms with Crippen molar-refractivity contribution < 1.29 is 13.3 Å². The standard InChI is InChI=1S/C15H20FNO2S/c16-13-9-11(17)3-4-14(13)20(18)10-12-5-8-15(19-12)6-1-2-7-15/h3-4,9,12H,1-2,5-8,10,17H2. The van der Waals surface area contributed by atoms with Crippen LogP contribution >= 0.6 is 0 Å². The van der Waals surface area contributed by atoms with E-state index in [-0.39, 0.29) is 16.6 Å². The number of hydrogen-bond donors (Lipinski definition) is 1. The van der Waals surface area contributed by atoms with E-state index < -0.39 is 16.6 Å². The molecular weight excluding hydrogens is 277 g/mol. The maximum atomic E-state index is 13.8. The van der Waals surface area contributed by atoms with Crippen molar-refractivity contribution in [1.29, 1.82) is 0 Å². The monoisotopic (exact) mass is 297 g/mol. The first-order valence-corrected chi connectivity index (χ1v) is 8.51. The third-order valence-electron chi connectivity index (χ3n) is 4.39. The number of hydrogen-bond acceptors (Lipinski definition) is 3. The lowest BCUT2D eigenvalue weighted by Crippen LogP contribution is -2.27. The fourth-order valence-corrected chi connectivity index (χ4v) is 4.61. The maximum absolute atomic E-state index is 13.8. The lowest BCUT2D eigenvalue weighted by atomic mass is 9.98. The molecule has 1 heterocycles. The van der Waals surface area contributed by atoms with Gasteiger partial charge < -0.3 is 10.5 Å². The molecule has 20 heavy (non-hydrogen) atoms. The van der Waals surface area contributed by atoms with Crippen molar-refractivity contribution in [2.75, 3.05) is 11.5 Å². The van der Waals surface area contributed by atoms with Crippen LogP contribution in [0.15, 0.2) is 23.1 Å². The van der Waals surface area contributed by atoms with E-state index in [4.69, 9.17) is 10.5 Å².